The number of ether oxygens (including phenoxy) is 2. The minimum absolute atomic E-state index is 0.0928. The van der Waals surface area contributed by atoms with Crippen LogP contribution in [0, 0.1) is 6.92 Å². The van der Waals surface area contributed by atoms with Crippen molar-refractivity contribution in [1.82, 2.24) is 0 Å². The smallest absolute Gasteiger partial charge is 0.346 e. The molecule has 0 aromatic heterocycles. The van der Waals surface area contributed by atoms with Crippen LogP contribution in [-0.2, 0) is 20.7 Å². The molecule has 0 amide bonds. The summed E-state index contributed by atoms with van der Waals surface area (Å²) in [6.45, 7) is 1.83. The van der Waals surface area contributed by atoms with Crippen LogP contribution >= 0.6 is 0 Å². The Morgan fingerprint density at radius 3 is 2.62 bits per heavy atom. The number of esters is 3. The van der Waals surface area contributed by atoms with Crippen LogP contribution in [0.1, 0.15) is 47.8 Å². The van der Waals surface area contributed by atoms with E-state index in [0.717, 1.165) is 5.56 Å². The molecule has 0 N–H and O–H groups in total. The van der Waals surface area contributed by atoms with E-state index in [1.807, 2.05) is 0 Å². The molecule has 1 aliphatic heterocycles. The van der Waals surface area contributed by atoms with Crippen molar-refractivity contribution in [2.24, 2.45) is 0 Å². The third-order valence-corrected chi connectivity index (χ3v) is 3.82. The Bertz CT molecular complexity index is 881. The van der Waals surface area contributed by atoms with E-state index in [0.29, 0.717) is 23.1 Å². The molecule has 0 saturated carbocycles. The van der Waals surface area contributed by atoms with Gasteiger partial charge in [-0.25, -0.2) is 14.4 Å². The lowest BCUT2D eigenvalue weighted by atomic mass is 9.94. The maximum Gasteiger partial charge on any atom is 0.346 e. The monoisotopic (exact) mass is 324 g/mol. The normalized spacial score (nSPS) is 12.5. The summed E-state index contributed by atoms with van der Waals surface area (Å²) in [7, 11) is 0. The molecule has 3 rings (SSSR count). The summed E-state index contributed by atoms with van der Waals surface area (Å²) in [6.07, 6.45) is 0.333. The minimum atomic E-state index is -0.728. The van der Waals surface area contributed by atoms with E-state index in [9.17, 15) is 19.2 Å². The Morgan fingerprint density at radius 2 is 1.88 bits per heavy atom. The first-order valence-corrected chi connectivity index (χ1v) is 7.14. The molecule has 2 aromatic carbocycles. The number of cyclic esters (lactones) is 2. The van der Waals surface area contributed by atoms with E-state index in [2.05, 4.69) is 9.47 Å². The second kappa shape index (κ2) is 6.08. The van der Waals surface area contributed by atoms with Crippen molar-refractivity contribution in [2.45, 2.75) is 13.3 Å². The zero-order valence-corrected chi connectivity index (χ0v) is 12.7. The number of hydrogen-bond donors (Lipinski definition) is 0. The molecule has 1 heterocycles. The topological polar surface area (TPSA) is 86.7 Å². The molecule has 24 heavy (non-hydrogen) atoms. The van der Waals surface area contributed by atoms with Crippen LogP contribution in [0.15, 0.2) is 36.4 Å². The standard InChI is InChI=1S/C18H12O6/c1-10-3-2-4-12(15(10)18(22)23-9-19)7-11-5-6-13-14(8-11)17(21)24-16(13)20/h2-6,8-9H,7H2,1H3. The number of hydrogen-bond acceptors (Lipinski definition) is 6. The fourth-order valence-electron chi connectivity index (χ4n) is 2.73. The van der Waals surface area contributed by atoms with Crippen molar-refractivity contribution < 1.29 is 28.7 Å². The molecular formula is C18H12O6. The van der Waals surface area contributed by atoms with Gasteiger partial charge in [-0.15, -0.1) is 0 Å². The first kappa shape index (κ1) is 15.6. The average molecular weight is 324 g/mol. The Kier molecular flexibility index (Phi) is 3.95. The van der Waals surface area contributed by atoms with Gasteiger partial charge in [0.05, 0.1) is 16.7 Å². The van der Waals surface area contributed by atoms with E-state index in [4.69, 9.17) is 0 Å². The predicted octanol–water partition coefficient (Wildman–Crippen LogP) is 2.21. The van der Waals surface area contributed by atoms with E-state index in [1.165, 1.54) is 6.07 Å². The minimum Gasteiger partial charge on any atom is -0.392 e. The van der Waals surface area contributed by atoms with Crippen molar-refractivity contribution in [3.8, 4) is 0 Å². The van der Waals surface area contributed by atoms with Gasteiger partial charge in [-0.2, -0.15) is 0 Å². The van der Waals surface area contributed by atoms with Gasteiger partial charge in [0.25, 0.3) is 0 Å². The van der Waals surface area contributed by atoms with Crippen LogP contribution in [0.4, 0.5) is 0 Å². The summed E-state index contributed by atoms with van der Waals surface area (Å²) in [6, 6.07) is 10.1. The van der Waals surface area contributed by atoms with Gasteiger partial charge < -0.3 is 9.47 Å². The number of rotatable bonds is 4. The summed E-state index contributed by atoms with van der Waals surface area (Å²) in [5.41, 5.74) is 2.81. The Balaban J connectivity index is 1.98. The highest BCUT2D eigenvalue weighted by Crippen LogP contribution is 2.24. The summed E-state index contributed by atoms with van der Waals surface area (Å²) in [5.74, 6) is -2.07. The Hall–Kier alpha value is -3.28. The third kappa shape index (κ3) is 2.69. The van der Waals surface area contributed by atoms with E-state index in [-0.39, 0.29) is 17.6 Å². The molecule has 0 aliphatic carbocycles. The predicted molar refractivity (Wildman–Crippen MR) is 81.7 cm³/mol. The lowest BCUT2D eigenvalue weighted by Gasteiger charge is -2.10. The first-order valence-electron chi connectivity index (χ1n) is 7.14. The van der Waals surface area contributed by atoms with E-state index < -0.39 is 17.9 Å². The number of aryl methyl sites for hydroxylation is 1. The van der Waals surface area contributed by atoms with Gasteiger partial charge in [-0.05, 0) is 42.2 Å². The van der Waals surface area contributed by atoms with Gasteiger partial charge in [0.1, 0.15) is 0 Å². The van der Waals surface area contributed by atoms with Crippen molar-refractivity contribution in [3.05, 3.63) is 69.8 Å². The molecule has 0 atom stereocenters. The second-order valence-electron chi connectivity index (χ2n) is 5.34. The first-order chi connectivity index (χ1) is 11.5. The lowest BCUT2D eigenvalue weighted by molar-refractivity contribution is -0.123. The van der Waals surface area contributed by atoms with E-state index >= 15 is 0 Å². The molecular weight excluding hydrogens is 312 g/mol. The third-order valence-electron chi connectivity index (χ3n) is 3.82. The second-order valence-corrected chi connectivity index (χ2v) is 5.34. The van der Waals surface area contributed by atoms with Crippen molar-refractivity contribution in [3.63, 3.8) is 0 Å². The summed E-state index contributed by atoms with van der Waals surface area (Å²) in [5, 5.41) is 0. The number of carbonyl (C=O) groups is 4. The summed E-state index contributed by atoms with van der Waals surface area (Å²) in [4.78, 5) is 45.5. The zero-order chi connectivity index (χ0) is 17.3. The van der Waals surface area contributed by atoms with Crippen LogP contribution in [0.5, 0.6) is 0 Å². The van der Waals surface area contributed by atoms with Gasteiger partial charge >= 0.3 is 24.4 Å². The molecule has 2 aromatic rings. The van der Waals surface area contributed by atoms with Crippen LogP contribution in [-0.4, -0.2) is 24.4 Å². The number of carbonyl (C=O) groups excluding carboxylic acids is 4. The fraction of sp³-hybridized carbons (Fsp3) is 0.111. The molecule has 6 nitrogen and oxygen atoms in total. The number of benzene rings is 2. The van der Waals surface area contributed by atoms with Crippen LogP contribution < -0.4 is 0 Å². The van der Waals surface area contributed by atoms with Gasteiger partial charge in [0.15, 0.2) is 0 Å². The van der Waals surface area contributed by atoms with Crippen LogP contribution in [0.3, 0.4) is 0 Å². The molecule has 0 spiro atoms. The van der Waals surface area contributed by atoms with Crippen molar-refractivity contribution in [1.29, 1.82) is 0 Å². The Labute approximate surface area is 137 Å². The molecule has 0 radical (unpaired) electrons. The largest absolute Gasteiger partial charge is 0.392 e. The van der Waals surface area contributed by atoms with Gasteiger partial charge in [-0.1, -0.05) is 24.3 Å². The highest BCUT2D eigenvalue weighted by Gasteiger charge is 2.29. The molecule has 6 heteroatoms. The lowest BCUT2D eigenvalue weighted by Crippen LogP contribution is -2.10. The highest BCUT2D eigenvalue weighted by atomic mass is 16.6. The zero-order valence-electron chi connectivity index (χ0n) is 12.7. The van der Waals surface area contributed by atoms with Gasteiger partial charge in [0.2, 0.25) is 0 Å². The highest BCUT2D eigenvalue weighted by molar-refractivity contribution is 6.14. The van der Waals surface area contributed by atoms with Gasteiger partial charge in [0, 0.05) is 0 Å². The average Bonchev–Trinajstić information content (AvgIpc) is 2.82. The van der Waals surface area contributed by atoms with E-state index in [1.54, 1.807) is 37.3 Å². The fourth-order valence-corrected chi connectivity index (χ4v) is 2.73. The van der Waals surface area contributed by atoms with Crippen LogP contribution in [0.25, 0.3) is 0 Å². The summed E-state index contributed by atoms with van der Waals surface area (Å²) >= 11 is 0. The van der Waals surface area contributed by atoms with Crippen LogP contribution in [0.2, 0.25) is 0 Å². The van der Waals surface area contributed by atoms with Crippen molar-refractivity contribution in [2.75, 3.05) is 0 Å². The molecule has 0 bridgehead atoms. The quantitative estimate of drug-likeness (QED) is 0.487. The molecule has 0 fully saturated rings. The maximum atomic E-state index is 12.0. The molecule has 0 unspecified atom stereocenters. The van der Waals surface area contributed by atoms with Gasteiger partial charge in [-0.3, -0.25) is 4.79 Å². The Morgan fingerprint density at radius 1 is 1.12 bits per heavy atom. The summed E-state index contributed by atoms with van der Waals surface area (Å²) < 4.78 is 9.01. The number of fused-ring (bicyclic) bond motifs is 1. The maximum absolute atomic E-state index is 12.0. The van der Waals surface area contributed by atoms with Crippen molar-refractivity contribution >= 4 is 24.4 Å². The molecule has 120 valence electrons. The molecule has 1 aliphatic rings. The SMILES string of the molecule is Cc1cccc(Cc2ccc3c(c2)C(=O)OC3=O)c1C(=O)OC=O. The molecule has 0 saturated heterocycles.